The monoisotopic (exact) mass is 279 g/mol. The molecule has 0 aliphatic heterocycles. The number of rotatable bonds is 4. The van der Waals surface area contributed by atoms with Gasteiger partial charge in [-0.25, -0.2) is 4.79 Å². The molecule has 0 unspecified atom stereocenters. The first kappa shape index (κ1) is 13.1. The number of carboxylic acid groups (broad SMARTS) is 1. The summed E-state index contributed by atoms with van der Waals surface area (Å²) in [5, 5.41) is 12.0. The maximum Gasteiger partial charge on any atom is 0.337 e. The summed E-state index contributed by atoms with van der Waals surface area (Å²) in [5.74, 6) is -0.227. The van der Waals surface area contributed by atoms with E-state index in [-0.39, 0.29) is 10.6 Å². The molecule has 2 N–H and O–H groups in total. The third-order valence-electron chi connectivity index (χ3n) is 2.29. The van der Waals surface area contributed by atoms with Gasteiger partial charge in [-0.3, -0.25) is 4.98 Å². The number of aromatic nitrogens is 2. The highest BCUT2D eigenvalue weighted by Gasteiger charge is 2.09. The number of ether oxygens (including phenoxy) is 1. The van der Waals surface area contributed by atoms with Crippen LogP contribution >= 0.6 is 11.6 Å². The Morgan fingerprint density at radius 2 is 2.21 bits per heavy atom. The van der Waals surface area contributed by atoms with Crippen LogP contribution in [0.4, 0.5) is 11.5 Å². The molecule has 0 radical (unpaired) electrons. The minimum atomic E-state index is -1.07. The lowest BCUT2D eigenvalue weighted by Gasteiger charge is -2.07. The van der Waals surface area contributed by atoms with Crippen LogP contribution in [0.5, 0.6) is 5.88 Å². The molecular weight excluding hydrogens is 270 g/mol. The molecule has 6 nitrogen and oxygen atoms in total. The molecular formula is C12H10ClN3O3. The van der Waals surface area contributed by atoms with Crippen molar-refractivity contribution in [3.63, 3.8) is 0 Å². The normalized spacial score (nSPS) is 10.0. The lowest BCUT2D eigenvalue weighted by atomic mass is 10.2. The summed E-state index contributed by atoms with van der Waals surface area (Å²) < 4.78 is 4.95. The summed E-state index contributed by atoms with van der Waals surface area (Å²) in [4.78, 5) is 18.9. The molecule has 0 aliphatic rings. The van der Waals surface area contributed by atoms with E-state index in [4.69, 9.17) is 21.4 Å². The number of nitrogens with one attached hydrogen (secondary N) is 1. The van der Waals surface area contributed by atoms with Crippen LogP contribution in [-0.2, 0) is 0 Å². The molecule has 7 heteroatoms. The predicted molar refractivity (Wildman–Crippen MR) is 70.3 cm³/mol. The number of carboxylic acids is 1. The van der Waals surface area contributed by atoms with Crippen molar-refractivity contribution in [2.75, 3.05) is 12.4 Å². The molecule has 1 aromatic carbocycles. The topological polar surface area (TPSA) is 84.3 Å². The molecule has 0 saturated carbocycles. The lowest BCUT2D eigenvalue weighted by Crippen LogP contribution is -2.00. The van der Waals surface area contributed by atoms with Gasteiger partial charge >= 0.3 is 5.97 Å². The van der Waals surface area contributed by atoms with Gasteiger partial charge in [-0.1, -0.05) is 11.6 Å². The Hall–Kier alpha value is -2.34. The number of hydrogen-bond acceptors (Lipinski definition) is 5. The van der Waals surface area contributed by atoms with Gasteiger partial charge in [0, 0.05) is 5.69 Å². The highest BCUT2D eigenvalue weighted by Crippen LogP contribution is 2.23. The van der Waals surface area contributed by atoms with Gasteiger partial charge in [0.05, 0.1) is 30.1 Å². The zero-order valence-corrected chi connectivity index (χ0v) is 10.7. The van der Waals surface area contributed by atoms with Crippen molar-refractivity contribution in [2.45, 2.75) is 0 Å². The number of hydrogen-bond donors (Lipinski definition) is 2. The molecule has 19 heavy (non-hydrogen) atoms. The number of benzene rings is 1. The number of anilines is 2. The average Bonchev–Trinajstić information content (AvgIpc) is 2.38. The number of halogens is 1. The number of nitrogens with zero attached hydrogens (tertiary/aromatic N) is 2. The average molecular weight is 280 g/mol. The molecule has 0 saturated heterocycles. The van der Waals surface area contributed by atoms with E-state index >= 15 is 0 Å². The molecule has 0 atom stereocenters. The molecule has 0 fully saturated rings. The highest BCUT2D eigenvalue weighted by atomic mass is 35.5. The first-order valence-electron chi connectivity index (χ1n) is 5.26. The first-order chi connectivity index (χ1) is 9.10. The summed E-state index contributed by atoms with van der Waals surface area (Å²) in [7, 11) is 1.49. The van der Waals surface area contributed by atoms with E-state index in [0.29, 0.717) is 17.4 Å². The lowest BCUT2D eigenvalue weighted by molar-refractivity contribution is 0.0697. The molecule has 0 aliphatic carbocycles. The van der Waals surface area contributed by atoms with Crippen LogP contribution < -0.4 is 10.1 Å². The van der Waals surface area contributed by atoms with Crippen molar-refractivity contribution in [1.29, 1.82) is 0 Å². The minimum Gasteiger partial charge on any atom is -0.480 e. The van der Waals surface area contributed by atoms with Gasteiger partial charge in [0.15, 0.2) is 5.82 Å². The fraction of sp³-hybridized carbons (Fsp3) is 0.0833. The molecule has 1 heterocycles. The summed E-state index contributed by atoms with van der Waals surface area (Å²) in [6, 6.07) is 4.52. The molecule has 2 rings (SSSR count). The second kappa shape index (κ2) is 5.53. The second-order valence-corrected chi connectivity index (χ2v) is 3.98. The quantitative estimate of drug-likeness (QED) is 0.895. The van der Waals surface area contributed by atoms with Gasteiger partial charge in [0.1, 0.15) is 0 Å². The zero-order valence-electron chi connectivity index (χ0n) is 9.92. The van der Waals surface area contributed by atoms with Gasteiger partial charge in [-0.05, 0) is 18.2 Å². The Morgan fingerprint density at radius 3 is 2.84 bits per heavy atom. The Balaban J connectivity index is 2.23. The van der Waals surface area contributed by atoms with Crippen LogP contribution in [0.3, 0.4) is 0 Å². The van der Waals surface area contributed by atoms with Crippen molar-refractivity contribution in [3.05, 3.63) is 41.2 Å². The van der Waals surface area contributed by atoms with Crippen LogP contribution in [-0.4, -0.2) is 28.2 Å². The second-order valence-electron chi connectivity index (χ2n) is 3.57. The van der Waals surface area contributed by atoms with Crippen LogP contribution in [0, 0.1) is 0 Å². The molecule has 1 aromatic heterocycles. The van der Waals surface area contributed by atoms with Gasteiger partial charge < -0.3 is 15.2 Å². The zero-order chi connectivity index (χ0) is 13.8. The molecule has 98 valence electrons. The van der Waals surface area contributed by atoms with E-state index in [1.165, 1.54) is 31.6 Å². The van der Waals surface area contributed by atoms with Crippen LogP contribution in [0.15, 0.2) is 30.6 Å². The molecule has 0 spiro atoms. The SMILES string of the molecule is COc1cncc(Nc2ccc(C(=O)O)c(Cl)c2)n1. The summed E-state index contributed by atoms with van der Waals surface area (Å²) >= 11 is 5.87. The largest absolute Gasteiger partial charge is 0.480 e. The van der Waals surface area contributed by atoms with Gasteiger partial charge in [0.2, 0.25) is 5.88 Å². The first-order valence-corrected chi connectivity index (χ1v) is 5.64. The van der Waals surface area contributed by atoms with Gasteiger partial charge in [-0.15, -0.1) is 0 Å². The predicted octanol–water partition coefficient (Wildman–Crippen LogP) is 2.58. The Morgan fingerprint density at radius 1 is 1.42 bits per heavy atom. The fourth-order valence-corrected chi connectivity index (χ4v) is 1.68. The van der Waals surface area contributed by atoms with Gasteiger partial charge in [0.25, 0.3) is 0 Å². The van der Waals surface area contributed by atoms with Gasteiger partial charge in [-0.2, -0.15) is 4.98 Å². The van der Waals surface area contributed by atoms with Crippen molar-refractivity contribution in [1.82, 2.24) is 9.97 Å². The summed E-state index contributed by atoms with van der Waals surface area (Å²) in [6.07, 6.45) is 2.99. The van der Waals surface area contributed by atoms with E-state index in [9.17, 15) is 4.79 Å². The molecule has 0 amide bonds. The van der Waals surface area contributed by atoms with E-state index in [0.717, 1.165) is 0 Å². The fourth-order valence-electron chi connectivity index (χ4n) is 1.42. The Labute approximate surface area is 114 Å². The third-order valence-corrected chi connectivity index (χ3v) is 2.61. The standard InChI is InChI=1S/C12H10ClN3O3/c1-19-11-6-14-5-10(16-11)15-7-2-3-8(12(17)18)9(13)4-7/h2-6H,1H3,(H,15,16)(H,17,18). The molecule has 2 aromatic rings. The summed E-state index contributed by atoms with van der Waals surface area (Å²) in [6.45, 7) is 0. The van der Waals surface area contributed by atoms with Crippen LogP contribution in [0.1, 0.15) is 10.4 Å². The van der Waals surface area contributed by atoms with Crippen molar-refractivity contribution < 1.29 is 14.6 Å². The van der Waals surface area contributed by atoms with Crippen molar-refractivity contribution in [2.24, 2.45) is 0 Å². The maximum atomic E-state index is 10.8. The number of carbonyl (C=O) groups is 1. The number of aromatic carboxylic acids is 1. The third kappa shape index (κ3) is 3.11. The number of methoxy groups -OCH3 is 1. The van der Waals surface area contributed by atoms with E-state index in [2.05, 4.69) is 15.3 Å². The van der Waals surface area contributed by atoms with E-state index in [1.54, 1.807) is 6.07 Å². The van der Waals surface area contributed by atoms with E-state index in [1.807, 2.05) is 0 Å². The molecule has 0 bridgehead atoms. The van der Waals surface area contributed by atoms with Crippen molar-refractivity contribution in [3.8, 4) is 5.88 Å². The summed E-state index contributed by atoms with van der Waals surface area (Å²) in [5.41, 5.74) is 0.654. The van der Waals surface area contributed by atoms with E-state index < -0.39 is 5.97 Å². The highest BCUT2D eigenvalue weighted by molar-refractivity contribution is 6.33. The Kier molecular flexibility index (Phi) is 3.82. The maximum absolute atomic E-state index is 10.8. The smallest absolute Gasteiger partial charge is 0.337 e. The van der Waals surface area contributed by atoms with Crippen LogP contribution in [0.2, 0.25) is 5.02 Å². The minimum absolute atomic E-state index is 0.0453. The van der Waals surface area contributed by atoms with Crippen LogP contribution in [0.25, 0.3) is 0 Å². The Bertz CT molecular complexity index is 619. The van der Waals surface area contributed by atoms with Crippen molar-refractivity contribution >= 4 is 29.1 Å².